The van der Waals surface area contributed by atoms with Crippen LogP contribution in [0.15, 0.2) is 47.4 Å². The highest BCUT2D eigenvalue weighted by molar-refractivity contribution is 6.32. The molecule has 1 heterocycles. The van der Waals surface area contributed by atoms with Gasteiger partial charge in [0, 0.05) is 28.9 Å². The minimum absolute atomic E-state index is 0.159. The number of anilines is 1. The van der Waals surface area contributed by atoms with E-state index in [-0.39, 0.29) is 5.56 Å². The molecule has 0 atom stereocenters. The maximum absolute atomic E-state index is 12.6. The molecule has 0 saturated heterocycles. The molecule has 0 radical (unpaired) electrons. The maximum atomic E-state index is 12.6. The van der Waals surface area contributed by atoms with Crippen LogP contribution in [0.1, 0.15) is 10.4 Å². The van der Waals surface area contributed by atoms with Crippen molar-refractivity contribution in [3.05, 3.63) is 68.6 Å². The van der Waals surface area contributed by atoms with Crippen molar-refractivity contribution < 1.29 is 14.3 Å². The third kappa shape index (κ3) is 4.11. The summed E-state index contributed by atoms with van der Waals surface area (Å²) in [5, 5.41) is 3.49. The second-order valence-electron chi connectivity index (χ2n) is 5.62. The highest BCUT2D eigenvalue weighted by atomic mass is 35.5. The average Bonchev–Trinajstić information content (AvgIpc) is 2.69. The molecule has 1 aromatic heterocycles. The number of rotatable bonds is 5. The summed E-state index contributed by atoms with van der Waals surface area (Å²) in [6.07, 6.45) is 1.21. The fourth-order valence-electron chi connectivity index (χ4n) is 2.46. The van der Waals surface area contributed by atoms with Gasteiger partial charge in [-0.05, 0) is 24.3 Å². The SMILES string of the molecule is COc1cc(NC(=O)c2cnc(-c3ccc(Cl)cc3)[nH]c2=O)c(OC)cc1Cl. The topological polar surface area (TPSA) is 93.3 Å². The predicted octanol–water partition coefficient (Wildman–Crippen LogP) is 4.01. The van der Waals surface area contributed by atoms with Crippen LogP contribution in [0.3, 0.4) is 0 Å². The van der Waals surface area contributed by atoms with Gasteiger partial charge in [0.2, 0.25) is 0 Å². The standard InChI is InChI=1S/C19H15Cl2N3O4/c1-27-15-8-14(16(28-2)7-13(15)21)23-18(25)12-9-22-17(24-19(12)26)10-3-5-11(20)6-4-10/h3-9H,1-2H3,(H,23,25)(H,22,24,26). The summed E-state index contributed by atoms with van der Waals surface area (Å²) in [4.78, 5) is 31.7. The van der Waals surface area contributed by atoms with Crippen molar-refractivity contribution in [2.75, 3.05) is 19.5 Å². The van der Waals surface area contributed by atoms with Gasteiger partial charge in [0.15, 0.2) is 0 Å². The molecule has 7 nitrogen and oxygen atoms in total. The van der Waals surface area contributed by atoms with Crippen molar-refractivity contribution >= 4 is 34.8 Å². The van der Waals surface area contributed by atoms with Crippen molar-refractivity contribution in [3.8, 4) is 22.9 Å². The average molecular weight is 420 g/mol. The van der Waals surface area contributed by atoms with Gasteiger partial charge in [0.25, 0.3) is 11.5 Å². The van der Waals surface area contributed by atoms with E-state index in [1.807, 2.05) is 0 Å². The summed E-state index contributed by atoms with van der Waals surface area (Å²) < 4.78 is 10.4. The van der Waals surface area contributed by atoms with E-state index in [1.165, 1.54) is 32.5 Å². The Balaban J connectivity index is 1.89. The molecule has 0 spiro atoms. The summed E-state index contributed by atoms with van der Waals surface area (Å²) in [6, 6.07) is 9.79. The number of methoxy groups -OCH3 is 2. The Labute approximate surface area is 170 Å². The number of H-pyrrole nitrogens is 1. The number of amides is 1. The van der Waals surface area contributed by atoms with Gasteiger partial charge in [-0.25, -0.2) is 4.98 Å². The molecular weight excluding hydrogens is 405 g/mol. The van der Waals surface area contributed by atoms with Crippen molar-refractivity contribution in [3.63, 3.8) is 0 Å². The van der Waals surface area contributed by atoms with Gasteiger partial charge in [-0.2, -0.15) is 0 Å². The number of benzene rings is 2. The summed E-state index contributed by atoms with van der Waals surface area (Å²) >= 11 is 11.9. The van der Waals surface area contributed by atoms with E-state index in [9.17, 15) is 9.59 Å². The first kappa shape index (κ1) is 19.7. The van der Waals surface area contributed by atoms with Crippen LogP contribution < -0.4 is 20.3 Å². The van der Waals surface area contributed by atoms with Crippen molar-refractivity contribution in [1.82, 2.24) is 9.97 Å². The van der Waals surface area contributed by atoms with E-state index in [0.717, 1.165) is 0 Å². The number of carbonyl (C=O) groups excluding carboxylic acids is 1. The van der Waals surface area contributed by atoms with Crippen LogP contribution in [0.4, 0.5) is 5.69 Å². The largest absolute Gasteiger partial charge is 0.495 e. The van der Waals surface area contributed by atoms with E-state index < -0.39 is 11.5 Å². The highest BCUT2D eigenvalue weighted by Gasteiger charge is 2.17. The molecule has 144 valence electrons. The zero-order chi connectivity index (χ0) is 20.3. The first-order chi connectivity index (χ1) is 13.4. The molecule has 1 amide bonds. The second kappa shape index (κ2) is 8.33. The van der Waals surface area contributed by atoms with E-state index in [1.54, 1.807) is 24.3 Å². The molecule has 0 unspecified atom stereocenters. The van der Waals surface area contributed by atoms with E-state index in [0.29, 0.717) is 38.6 Å². The van der Waals surface area contributed by atoms with Crippen LogP contribution in [-0.4, -0.2) is 30.1 Å². The molecule has 2 aromatic carbocycles. The van der Waals surface area contributed by atoms with Crippen LogP contribution in [0.5, 0.6) is 11.5 Å². The van der Waals surface area contributed by atoms with Gasteiger partial charge in [-0.15, -0.1) is 0 Å². The minimum Gasteiger partial charge on any atom is -0.495 e. The van der Waals surface area contributed by atoms with Gasteiger partial charge in [-0.1, -0.05) is 23.2 Å². The summed E-state index contributed by atoms with van der Waals surface area (Å²) in [6.45, 7) is 0. The summed E-state index contributed by atoms with van der Waals surface area (Å²) in [7, 11) is 2.88. The molecule has 9 heteroatoms. The van der Waals surface area contributed by atoms with Crippen LogP contribution in [0.25, 0.3) is 11.4 Å². The number of ether oxygens (including phenoxy) is 2. The molecule has 2 N–H and O–H groups in total. The smallest absolute Gasteiger partial charge is 0.264 e. The number of aromatic amines is 1. The zero-order valence-electron chi connectivity index (χ0n) is 14.9. The van der Waals surface area contributed by atoms with Crippen LogP contribution in [0, 0.1) is 0 Å². The Morgan fingerprint density at radius 3 is 2.36 bits per heavy atom. The fourth-order valence-corrected chi connectivity index (χ4v) is 2.82. The number of hydrogen-bond donors (Lipinski definition) is 2. The molecule has 0 aliphatic rings. The van der Waals surface area contributed by atoms with E-state index in [2.05, 4.69) is 15.3 Å². The van der Waals surface area contributed by atoms with E-state index >= 15 is 0 Å². The highest BCUT2D eigenvalue weighted by Crippen LogP contribution is 2.36. The number of carbonyl (C=O) groups is 1. The lowest BCUT2D eigenvalue weighted by molar-refractivity contribution is 0.102. The number of hydrogen-bond acceptors (Lipinski definition) is 5. The predicted molar refractivity (Wildman–Crippen MR) is 108 cm³/mol. The number of halogens is 2. The van der Waals surface area contributed by atoms with Gasteiger partial charge in [0.1, 0.15) is 22.9 Å². The number of aromatic nitrogens is 2. The van der Waals surface area contributed by atoms with Crippen LogP contribution in [-0.2, 0) is 0 Å². The third-order valence-electron chi connectivity index (χ3n) is 3.88. The van der Waals surface area contributed by atoms with Gasteiger partial charge >= 0.3 is 0 Å². The summed E-state index contributed by atoms with van der Waals surface area (Å²) in [5.41, 5.74) is 0.221. The molecule has 3 rings (SSSR count). The van der Waals surface area contributed by atoms with Crippen LogP contribution >= 0.6 is 23.2 Å². The fraction of sp³-hybridized carbons (Fsp3) is 0.105. The molecule has 0 aliphatic heterocycles. The van der Waals surface area contributed by atoms with Gasteiger partial charge < -0.3 is 19.8 Å². The lowest BCUT2D eigenvalue weighted by Crippen LogP contribution is -2.24. The Morgan fingerprint density at radius 1 is 1.07 bits per heavy atom. The van der Waals surface area contributed by atoms with E-state index in [4.69, 9.17) is 32.7 Å². The Morgan fingerprint density at radius 2 is 1.75 bits per heavy atom. The minimum atomic E-state index is -0.654. The molecule has 0 aliphatic carbocycles. The molecule has 3 aromatic rings. The lowest BCUT2D eigenvalue weighted by atomic mass is 10.2. The molecule has 0 saturated carbocycles. The summed E-state index contributed by atoms with van der Waals surface area (Å²) in [5.74, 6) is 0.340. The number of nitrogens with one attached hydrogen (secondary N) is 2. The second-order valence-corrected chi connectivity index (χ2v) is 6.47. The molecule has 28 heavy (non-hydrogen) atoms. The third-order valence-corrected chi connectivity index (χ3v) is 4.43. The first-order valence-electron chi connectivity index (χ1n) is 8.01. The Hall–Kier alpha value is -3.03. The first-order valence-corrected chi connectivity index (χ1v) is 8.76. The van der Waals surface area contributed by atoms with Crippen molar-refractivity contribution in [1.29, 1.82) is 0 Å². The normalized spacial score (nSPS) is 10.4. The molecular formula is C19H15Cl2N3O4. The number of nitrogens with zero attached hydrogens (tertiary/aromatic N) is 1. The Kier molecular flexibility index (Phi) is 5.87. The van der Waals surface area contributed by atoms with Crippen molar-refractivity contribution in [2.24, 2.45) is 0 Å². The van der Waals surface area contributed by atoms with Gasteiger partial charge in [0.05, 0.1) is 24.9 Å². The zero-order valence-corrected chi connectivity index (χ0v) is 16.4. The van der Waals surface area contributed by atoms with Gasteiger partial charge in [-0.3, -0.25) is 9.59 Å². The molecule has 0 bridgehead atoms. The van der Waals surface area contributed by atoms with Crippen molar-refractivity contribution in [2.45, 2.75) is 0 Å². The Bertz CT molecular complexity index is 1080. The monoisotopic (exact) mass is 419 g/mol. The lowest BCUT2D eigenvalue weighted by Gasteiger charge is -2.13. The maximum Gasteiger partial charge on any atom is 0.264 e. The quantitative estimate of drug-likeness (QED) is 0.651. The van der Waals surface area contributed by atoms with Crippen LogP contribution in [0.2, 0.25) is 10.0 Å². The molecule has 0 fully saturated rings.